The summed E-state index contributed by atoms with van der Waals surface area (Å²) in [4.78, 5) is 43.5. The molecule has 2 heterocycles. The highest BCUT2D eigenvalue weighted by atomic mass is 32.1. The van der Waals surface area contributed by atoms with Gasteiger partial charge in [-0.3, -0.25) is 19.7 Å². The first-order valence-corrected chi connectivity index (χ1v) is 11.6. The quantitative estimate of drug-likeness (QED) is 0.557. The fourth-order valence-corrected chi connectivity index (χ4v) is 4.71. The summed E-state index contributed by atoms with van der Waals surface area (Å²) < 4.78 is 1.03. The maximum atomic E-state index is 12.6. The van der Waals surface area contributed by atoms with Crippen molar-refractivity contribution in [3.05, 3.63) is 53.6 Å². The average molecular weight is 451 g/mol. The molecular formula is C24H26N4O3S. The summed E-state index contributed by atoms with van der Waals surface area (Å²) in [6.07, 6.45) is 2.21. The number of thiazole rings is 1. The summed E-state index contributed by atoms with van der Waals surface area (Å²) in [6, 6.07) is 12.7. The van der Waals surface area contributed by atoms with E-state index in [9.17, 15) is 14.4 Å². The number of amides is 3. The number of nitrogens with zero attached hydrogens (tertiary/aromatic N) is 2. The maximum absolute atomic E-state index is 12.6. The summed E-state index contributed by atoms with van der Waals surface area (Å²) in [5.74, 6) is -0.729. The Kier molecular flexibility index (Phi) is 6.50. The fourth-order valence-electron chi connectivity index (χ4n) is 3.77. The second-order valence-electron chi connectivity index (χ2n) is 8.06. The van der Waals surface area contributed by atoms with E-state index in [0.29, 0.717) is 29.5 Å². The van der Waals surface area contributed by atoms with Gasteiger partial charge in [-0.05, 0) is 49.2 Å². The van der Waals surface area contributed by atoms with E-state index < -0.39 is 0 Å². The third-order valence-electron chi connectivity index (χ3n) is 5.62. The van der Waals surface area contributed by atoms with Crippen LogP contribution in [-0.4, -0.2) is 40.7 Å². The Morgan fingerprint density at radius 2 is 1.94 bits per heavy atom. The van der Waals surface area contributed by atoms with Crippen molar-refractivity contribution in [2.75, 3.05) is 23.7 Å². The van der Waals surface area contributed by atoms with E-state index in [0.717, 1.165) is 28.6 Å². The highest BCUT2D eigenvalue weighted by Crippen LogP contribution is 2.28. The molecule has 4 rings (SSSR count). The Labute approximate surface area is 190 Å². The minimum absolute atomic E-state index is 0.0376. The average Bonchev–Trinajstić information content (AvgIpc) is 3.36. The van der Waals surface area contributed by atoms with Crippen LogP contribution in [-0.2, 0) is 9.59 Å². The molecule has 1 fully saturated rings. The number of para-hydroxylation sites is 1. The van der Waals surface area contributed by atoms with Gasteiger partial charge in [0.05, 0.1) is 16.1 Å². The fraction of sp³-hybridized carbons (Fsp3) is 0.333. The number of hydrogen-bond donors (Lipinski definition) is 2. The Hall–Kier alpha value is -3.26. The summed E-state index contributed by atoms with van der Waals surface area (Å²) in [5, 5.41) is 6.26. The molecule has 0 saturated carbocycles. The topological polar surface area (TPSA) is 91.4 Å². The predicted octanol–water partition coefficient (Wildman–Crippen LogP) is 4.44. The minimum Gasteiger partial charge on any atom is -0.342 e. The van der Waals surface area contributed by atoms with Crippen molar-refractivity contribution in [3.8, 4) is 0 Å². The van der Waals surface area contributed by atoms with Crippen LogP contribution in [0.4, 0.5) is 10.8 Å². The molecule has 0 radical (unpaired) electrons. The zero-order valence-electron chi connectivity index (χ0n) is 18.2. The van der Waals surface area contributed by atoms with Crippen molar-refractivity contribution in [3.63, 3.8) is 0 Å². The summed E-state index contributed by atoms with van der Waals surface area (Å²) in [7, 11) is 0. The lowest BCUT2D eigenvalue weighted by molar-refractivity contribution is -0.128. The first kappa shape index (κ1) is 22.0. The number of benzene rings is 2. The molecule has 0 bridgehead atoms. The standard InChI is InChI=1S/C24H26N4O3S/c1-3-4-12-28-14-17(13-20(28)29)23(31)25-18-10-8-16(9-11-18)22(30)27-24-26-21-15(2)6-5-7-19(21)32-24/h5-11,17H,3-4,12-14H2,1-2H3,(H,25,31)(H,26,27,30). The number of hydrogen-bond acceptors (Lipinski definition) is 5. The second kappa shape index (κ2) is 9.48. The highest BCUT2D eigenvalue weighted by Gasteiger charge is 2.33. The molecule has 3 aromatic rings. The zero-order valence-corrected chi connectivity index (χ0v) is 19.0. The molecule has 7 nitrogen and oxygen atoms in total. The van der Waals surface area contributed by atoms with E-state index >= 15 is 0 Å². The lowest BCUT2D eigenvalue weighted by atomic mass is 10.1. The van der Waals surface area contributed by atoms with Crippen LogP contribution in [0.5, 0.6) is 0 Å². The van der Waals surface area contributed by atoms with E-state index in [1.54, 1.807) is 29.2 Å². The molecule has 2 N–H and O–H groups in total. The number of likely N-dealkylation sites (tertiary alicyclic amines) is 1. The van der Waals surface area contributed by atoms with E-state index in [2.05, 4.69) is 22.5 Å². The maximum Gasteiger partial charge on any atom is 0.257 e. The van der Waals surface area contributed by atoms with Crippen LogP contribution in [0, 0.1) is 12.8 Å². The van der Waals surface area contributed by atoms with Gasteiger partial charge in [0.15, 0.2) is 5.13 Å². The van der Waals surface area contributed by atoms with Gasteiger partial charge in [0.1, 0.15) is 0 Å². The summed E-state index contributed by atoms with van der Waals surface area (Å²) >= 11 is 1.43. The minimum atomic E-state index is -0.343. The van der Waals surface area contributed by atoms with E-state index in [1.807, 2.05) is 25.1 Å². The number of anilines is 2. The normalized spacial score (nSPS) is 15.9. The molecule has 1 unspecified atom stereocenters. The Bertz CT molecular complexity index is 1160. The van der Waals surface area contributed by atoms with Gasteiger partial charge in [-0.15, -0.1) is 0 Å². The van der Waals surface area contributed by atoms with Gasteiger partial charge in [0.25, 0.3) is 5.91 Å². The molecule has 32 heavy (non-hydrogen) atoms. The third-order valence-corrected chi connectivity index (χ3v) is 6.56. The number of nitrogens with one attached hydrogen (secondary N) is 2. The number of carbonyl (C=O) groups is 3. The van der Waals surface area contributed by atoms with Crippen LogP contribution in [0.25, 0.3) is 10.2 Å². The molecule has 2 aromatic carbocycles. The van der Waals surface area contributed by atoms with Gasteiger partial charge in [-0.25, -0.2) is 4.98 Å². The first-order valence-electron chi connectivity index (χ1n) is 10.8. The third kappa shape index (κ3) is 4.80. The van der Waals surface area contributed by atoms with Crippen LogP contribution in [0.1, 0.15) is 42.1 Å². The molecule has 1 saturated heterocycles. The molecular weight excluding hydrogens is 424 g/mol. The molecule has 8 heteroatoms. The Morgan fingerprint density at radius 1 is 1.16 bits per heavy atom. The number of unbranched alkanes of at least 4 members (excludes halogenated alkanes) is 1. The number of carbonyl (C=O) groups excluding carboxylic acids is 3. The summed E-state index contributed by atoms with van der Waals surface area (Å²) in [6.45, 7) is 5.24. The van der Waals surface area contributed by atoms with Crippen molar-refractivity contribution in [2.24, 2.45) is 5.92 Å². The van der Waals surface area contributed by atoms with Crippen molar-refractivity contribution in [1.82, 2.24) is 9.88 Å². The van der Waals surface area contributed by atoms with Gasteiger partial charge in [0, 0.05) is 30.8 Å². The molecule has 0 spiro atoms. The first-order chi connectivity index (χ1) is 15.4. The molecule has 0 aliphatic carbocycles. The highest BCUT2D eigenvalue weighted by molar-refractivity contribution is 7.22. The van der Waals surface area contributed by atoms with Gasteiger partial charge in [0.2, 0.25) is 11.8 Å². The SMILES string of the molecule is CCCCN1CC(C(=O)Nc2ccc(C(=O)Nc3nc4c(C)cccc4s3)cc2)CC1=O. The van der Waals surface area contributed by atoms with Crippen LogP contribution in [0.2, 0.25) is 0 Å². The van der Waals surface area contributed by atoms with Crippen molar-refractivity contribution in [1.29, 1.82) is 0 Å². The molecule has 166 valence electrons. The monoisotopic (exact) mass is 450 g/mol. The number of aryl methyl sites for hydroxylation is 1. The van der Waals surface area contributed by atoms with Crippen LogP contribution in [0.15, 0.2) is 42.5 Å². The van der Waals surface area contributed by atoms with Gasteiger partial charge in [-0.2, -0.15) is 0 Å². The molecule has 1 atom stereocenters. The smallest absolute Gasteiger partial charge is 0.257 e. The number of rotatable bonds is 7. The van der Waals surface area contributed by atoms with Gasteiger partial charge >= 0.3 is 0 Å². The lowest BCUT2D eigenvalue weighted by Crippen LogP contribution is -2.29. The van der Waals surface area contributed by atoms with Crippen molar-refractivity contribution in [2.45, 2.75) is 33.1 Å². The zero-order chi connectivity index (χ0) is 22.7. The number of fused-ring (bicyclic) bond motifs is 1. The largest absolute Gasteiger partial charge is 0.342 e. The predicted molar refractivity (Wildman–Crippen MR) is 127 cm³/mol. The Morgan fingerprint density at radius 3 is 2.66 bits per heavy atom. The van der Waals surface area contributed by atoms with Gasteiger partial charge < -0.3 is 10.2 Å². The molecule has 1 aromatic heterocycles. The van der Waals surface area contributed by atoms with Gasteiger partial charge in [-0.1, -0.05) is 36.8 Å². The molecule has 3 amide bonds. The van der Waals surface area contributed by atoms with E-state index in [4.69, 9.17) is 0 Å². The van der Waals surface area contributed by atoms with Crippen LogP contribution in [0.3, 0.4) is 0 Å². The van der Waals surface area contributed by atoms with Crippen molar-refractivity contribution < 1.29 is 14.4 Å². The summed E-state index contributed by atoms with van der Waals surface area (Å²) in [5.41, 5.74) is 3.03. The van der Waals surface area contributed by atoms with E-state index in [1.165, 1.54) is 11.3 Å². The lowest BCUT2D eigenvalue weighted by Gasteiger charge is -2.16. The number of aromatic nitrogens is 1. The van der Waals surface area contributed by atoms with E-state index in [-0.39, 0.29) is 30.1 Å². The van der Waals surface area contributed by atoms with Crippen LogP contribution >= 0.6 is 11.3 Å². The Balaban J connectivity index is 1.35. The second-order valence-corrected chi connectivity index (χ2v) is 9.09. The molecule has 1 aliphatic heterocycles. The van der Waals surface area contributed by atoms with Crippen molar-refractivity contribution >= 4 is 50.1 Å². The molecule has 1 aliphatic rings. The van der Waals surface area contributed by atoms with Crippen LogP contribution < -0.4 is 10.6 Å².